The van der Waals surface area contributed by atoms with Gasteiger partial charge in [0.2, 0.25) is 0 Å². The van der Waals surface area contributed by atoms with Crippen LogP contribution < -0.4 is 5.69 Å². The number of fused-ring (bicyclic) bond motifs is 4. The molecular formula is C40H32N4O. The van der Waals surface area contributed by atoms with E-state index in [1.807, 2.05) is 44.4 Å². The van der Waals surface area contributed by atoms with Crippen LogP contribution in [0.4, 0.5) is 0 Å². The Hall–Kier alpha value is -5.55. The molecule has 0 amide bonds. The van der Waals surface area contributed by atoms with Crippen LogP contribution in [-0.2, 0) is 19.5 Å². The van der Waals surface area contributed by atoms with Crippen LogP contribution in [0.25, 0.3) is 67.2 Å². The highest BCUT2D eigenvalue weighted by molar-refractivity contribution is 5.93. The number of hydrogen-bond acceptors (Lipinski definition) is 3. The lowest BCUT2D eigenvalue weighted by Gasteiger charge is -2.21. The van der Waals surface area contributed by atoms with Crippen molar-refractivity contribution in [2.75, 3.05) is 0 Å². The number of hydrogen-bond donors (Lipinski definition) is 0. The van der Waals surface area contributed by atoms with E-state index in [2.05, 4.69) is 105 Å². The Kier molecular flexibility index (Phi) is 6.00. The fraction of sp³-hybridized carbons (Fsp3) is 0.125. The standard InChI is InChI=1S/C40H32N4O/c1-40(2)32-15-9-8-13-30(32)31-23-28(21-22-33(31)40)35-24-34(41-38(42-35)27-11-6-5-7-12-27)26-19-17-25(18-20-26)29-14-10-16-36-37(29)44(4)39(45)43(36)3/h5-24H,1-4H3. The molecule has 5 nitrogen and oxygen atoms in total. The molecule has 0 aliphatic heterocycles. The van der Waals surface area contributed by atoms with Crippen LogP contribution in [0, 0.1) is 0 Å². The van der Waals surface area contributed by atoms with E-state index in [9.17, 15) is 4.79 Å². The van der Waals surface area contributed by atoms with Gasteiger partial charge in [0, 0.05) is 41.8 Å². The normalized spacial score (nSPS) is 13.2. The zero-order chi connectivity index (χ0) is 30.9. The lowest BCUT2D eigenvalue weighted by Crippen LogP contribution is -2.19. The van der Waals surface area contributed by atoms with Gasteiger partial charge in [0.1, 0.15) is 0 Å². The van der Waals surface area contributed by atoms with Gasteiger partial charge in [-0.1, -0.05) is 117 Å². The molecule has 0 saturated heterocycles. The molecule has 2 heterocycles. The van der Waals surface area contributed by atoms with Gasteiger partial charge >= 0.3 is 5.69 Å². The van der Waals surface area contributed by atoms with Gasteiger partial charge in [-0.25, -0.2) is 14.8 Å². The first-order valence-corrected chi connectivity index (χ1v) is 15.3. The fourth-order valence-electron chi connectivity index (χ4n) is 6.97. The summed E-state index contributed by atoms with van der Waals surface area (Å²) in [6, 6.07) is 42.2. The number of aromatic nitrogens is 4. The van der Waals surface area contributed by atoms with Gasteiger partial charge in [-0.2, -0.15) is 0 Å². The van der Waals surface area contributed by atoms with E-state index in [1.54, 1.807) is 9.13 Å². The number of rotatable bonds is 4. The molecule has 218 valence electrons. The van der Waals surface area contributed by atoms with Gasteiger partial charge in [-0.05, 0) is 46.0 Å². The average Bonchev–Trinajstić information content (AvgIpc) is 3.46. The molecule has 7 aromatic rings. The Labute approximate surface area is 262 Å². The van der Waals surface area contributed by atoms with Crippen molar-refractivity contribution < 1.29 is 0 Å². The molecule has 8 rings (SSSR count). The Morgan fingerprint density at radius 3 is 1.93 bits per heavy atom. The third-order valence-electron chi connectivity index (χ3n) is 9.41. The van der Waals surface area contributed by atoms with Crippen LogP contribution in [0.5, 0.6) is 0 Å². The lowest BCUT2D eigenvalue weighted by atomic mass is 9.82. The minimum Gasteiger partial charge on any atom is -0.295 e. The van der Waals surface area contributed by atoms with E-state index in [0.29, 0.717) is 5.82 Å². The maximum absolute atomic E-state index is 12.7. The first kappa shape index (κ1) is 27.0. The zero-order valence-electron chi connectivity index (χ0n) is 25.7. The molecular weight excluding hydrogens is 552 g/mol. The van der Waals surface area contributed by atoms with Crippen LogP contribution in [0.15, 0.2) is 126 Å². The lowest BCUT2D eigenvalue weighted by molar-refractivity contribution is 0.660. The summed E-state index contributed by atoms with van der Waals surface area (Å²) in [4.78, 5) is 22.8. The van der Waals surface area contributed by atoms with Gasteiger partial charge in [-0.3, -0.25) is 9.13 Å². The third-order valence-corrected chi connectivity index (χ3v) is 9.41. The highest BCUT2D eigenvalue weighted by atomic mass is 16.1. The van der Waals surface area contributed by atoms with Crippen LogP contribution in [0.1, 0.15) is 25.0 Å². The van der Waals surface area contributed by atoms with Crippen molar-refractivity contribution >= 4 is 11.0 Å². The molecule has 0 unspecified atom stereocenters. The molecule has 0 fully saturated rings. The minimum absolute atomic E-state index is 0.0327. The van der Waals surface area contributed by atoms with Crippen molar-refractivity contribution in [1.29, 1.82) is 0 Å². The third kappa shape index (κ3) is 4.19. The van der Waals surface area contributed by atoms with Crippen molar-refractivity contribution in [3.05, 3.63) is 143 Å². The second kappa shape index (κ2) is 10.00. The predicted octanol–water partition coefficient (Wildman–Crippen LogP) is 8.64. The van der Waals surface area contributed by atoms with E-state index in [1.165, 1.54) is 22.3 Å². The second-order valence-corrected chi connectivity index (χ2v) is 12.4. The fourth-order valence-corrected chi connectivity index (χ4v) is 6.97. The number of imidazole rings is 1. The summed E-state index contributed by atoms with van der Waals surface area (Å²) < 4.78 is 3.41. The van der Waals surface area contributed by atoms with Gasteiger partial charge in [-0.15, -0.1) is 0 Å². The maximum Gasteiger partial charge on any atom is 0.328 e. The minimum atomic E-state index is -0.0470. The van der Waals surface area contributed by atoms with Crippen LogP contribution in [-0.4, -0.2) is 19.1 Å². The van der Waals surface area contributed by atoms with E-state index < -0.39 is 0 Å². The first-order valence-electron chi connectivity index (χ1n) is 15.3. The number of benzene rings is 5. The smallest absolute Gasteiger partial charge is 0.295 e. The second-order valence-electron chi connectivity index (χ2n) is 12.4. The topological polar surface area (TPSA) is 52.7 Å². The Morgan fingerprint density at radius 1 is 0.533 bits per heavy atom. The Morgan fingerprint density at radius 2 is 1.16 bits per heavy atom. The van der Waals surface area contributed by atoms with E-state index in [0.717, 1.165) is 50.2 Å². The molecule has 45 heavy (non-hydrogen) atoms. The van der Waals surface area contributed by atoms with E-state index in [4.69, 9.17) is 9.97 Å². The summed E-state index contributed by atoms with van der Waals surface area (Å²) >= 11 is 0. The van der Waals surface area contributed by atoms with Crippen molar-refractivity contribution in [3.63, 3.8) is 0 Å². The largest absolute Gasteiger partial charge is 0.328 e. The quantitative estimate of drug-likeness (QED) is 0.208. The van der Waals surface area contributed by atoms with Gasteiger partial charge < -0.3 is 0 Å². The maximum atomic E-state index is 12.7. The van der Waals surface area contributed by atoms with Crippen LogP contribution >= 0.6 is 0 Å². The molecule has 0 spiro atoms. The van der Waals surface area contributed by atoms with E-state index >= 15 is 0 Å². The molecule has 5 aromatic carbocycles. The summed E-state index contributed by atoms with van der Waals surface area (Å²) in [6.45, 7) is 4.60. The SMILES string of the molecule is Cn1c(=O)n(C)c2c(-c3ccc(-c4cc(-c5ccc6c(c5)-c5ccccc5C6(C)C)nc(-c5ccccc5)n4)cc3)cccc21. The van der Waals surface area contributed by atoms with Crippen molar-refractivity contribution in [2.45, 2.75) is 19.3 Å². The Balaban J connectivity index is 1.25. The number of nitrogens with zero attached hydrogens (tertiary/aromatic N) is 4. The van der Waals surface area contributed by atoms with Gasteiger partial charge in [0.15, 0.2) is 5.82 Å². The molecule has 0 atom stereocenters. The molecule has 5 heteroatoms. The van der Waals surface area contributed by atoms with Gasteiger partial charge in [0.05, 0.1) is 22.4 Å². The van der Waals surface area contributed by atoms with Crippen LogP contribution in [0.2, 0.25) is 0 Å². The van der Waals surface area contributed by atoms with E-state index in [-0.39, 0.29) is 11.1 Å². The Bertz CT molecular complexity index is 2330. The number of para-hydroxylation sites is 1. The summed E-state index contributed by atoms with van der Waals surface area (Å²) in [5.41, 5.74) is 13.9. The van der Waals surface area contributed by atoms with Crippen molar-refractivity contribution in [1.82, 2.24) is 19.1 Å². The predicted molar refractivity (Wildman–Crippen MR) is 183 cm³/mol. The first-order chi connectivity index (χ1) is 21.8. The molecule has 1 aliphatic rings. The summed E-state index contributed by atoms with van der Waals surface area (Å²) in [5, 5.41) is 0. The molecule has 0 bridgehead atoms. The molecule has 2 aromatic heterocycles. The summed E-state index contributed by atoms with van der Waals surface area (Å²) in [5.74, 6) is 0.692. The van der Waals surface area contributed by atoms with Crippen molar-refractivity contribution in [3.8, 4) is 56.2 Å². The van der Waals surface area contributed by atoms with Gasteiger partial charge in [0.25, 0.3) is 0 Å². The molecule has 0 saturated carbocycles. The van der Waals surface area contributed by atoms with Crippen molar-refractivity contribution in [2.24, 2.45) is 14.1 Å². The molecule has 1 aliphatic carbocycles. The monoisotopic (exact) mass is 584 g/mol. The highest BCUT2D eigenvalue weighted by Gasteiger charge is 2.35. The highest BCUT2D eigenvalue weighted by Crippen LogP contribution is 2.49. The summed E-state index contributed by atoms with van der Waals surface area (Å²) in [7, 11) is 3.64. The molecule has 0 radical (unpaired) electrons. The number of aryl methyl sites for hydroxylation is 2. The zero-order valence-corrected chi connectivity index (χ0v) is 25.7. The van der Waals surface area contributed by atoms with Crippen LogP contribution in [0.3, 0.4) is 0 Å². The molecule has 0 N–H and O–H groups in total. The summed E-state index contributed by atoms with van der Waals surface area (Å²) in [6.07, 6.45) is 0. The average molecular weight is 585 g/mol.